The Labute approximate surface area is 159 Å². The van der Waals surface area contributed by atoms with E-state index in [1.807, 2.05) is 11.0 Å². The second-order valence-corrected chi connectivity index (χ2v) is 6.58. The van der Waals surface area contributed by atoms with Gasteiger partial charge in [-0.25, -0.2) is 18.9 Å². The topological polar surface area (TPSA) is 112 Å². The van der Waals surface area contributed by atoms with Gasteiger partial charge in [-0.15, -0.1) is 0 Å². The van der Waals surface area contributed by atoms with Gasteiger partial charge in [0.05, 0.1) is 23.3 Å². The average molecular weight is 374 g/mol. The molecule has 0 saturated heterocycles. The van der Waals surface area contributed by atoms with Crippen molar-refractivity contribution in [2.75, 3.05) is 17.2 Å². The van der Waals surface area contributed by atoms with Gasteiger partial charge in [0, 0.05) is 24.9 Å². The van der Waals surface area contributed by atoms with Gasteiger partial charge in [0.1, 0.15) is 35.1 Å². The van der Waals surface area contributed by atoms with Crippen molar-refractivity contribution in [2.45, 2.75) is 12.5 Å². The van der Waals surface area contributed by atoms with Gasteiger partial charge in [-0.05, 0) is 30.3 Å². The van der Waals surface area contributed by atoms with Crippen molar-refractivity contribution in [1.29, 1.82) is 5.26 Å². The molecule has 1 aliphatic heterocycles. The van der Waals surface area contributed by atoms with Gasteiger partial charge in [0.15, 0.2) is 0 Å². The lowest BCUT2D eigenvalue weighted by molar-refractivity contribution is 0.609. The molecule has 1 aliphatic rings. The van der Waals surface area contributed by atoms with Crippen molar-refractivity contribution >= 4 is 17.2 Å². The van der Waals surface area contributed by atoms with E-state index in [4.69, 9.17) is 11.0 Å². The van der Waals surface area contributed by atoms with Crippen LogP contribution in [0.5, 0.6) is 0 Å². The van der Waals surface area contributed by atoms with E-state index in [2.05, 4.69) is 20.1 Å². The van der Waals surface area contributed by atoms with E-state index < -0.39 is 0 Å². The van der Waals surface area contributed by atoms with Crippen molar-refractivity contribution < 1.29 is 4.39 Å². The Hall–Kier alpha value is -3.93. The van der Waals surface area contributed by atoms with Crippen molar-refractivity contribution in [2.24, 2.45) is 0 Å². The number of nitrogens with one attached hydrogen (secondary N) is 1. The van der Waals surface area contributed by atoms with Crippen molar-refractivity contribution in [3.8, 4) is 6.07 Å². The fraction of sp³-hybridized carbons (Fsp3) is 0.158. The van der Waals surface area contributed by atoms with Gasteiger partial charge in [-0.2, -0.15) is 10.4 Å². The molecule has 5 rings (SSSR count). The number of aromatic amines is 1. The third kappa shape index (κ3) is 2.39. The molecule has 0 unspecified atom stereocenters. The molecule has 0 radical (unpaired) electrons. The van der Waals surface area contributed by atoms with Crippen molar-refractivity contribution in [3.63, 3.8) is 0 Å². The molecular formula is C19H15FN8. The van der Waals surface area contributed by atoms with E-state index in [0.29, 0.717) is 29.1 Å². The van der Waals surface area contributed by atoms with Crippen molar-refractivity contribution in [3.05, 3.63) is 71.3 Å². The summed E-state index contributed by atoms with van der Waals surface area (Å²) in [7, 11) is 0. The molecule has 8 nitrogen and oxygen atoms in total. The monoisotopic (exact) mass is 374 g/mol. The van der Waals surface area contributed by atoms with Crippen LogP contribution in [0.25, 0.3) is 5.52 Å². The number of nitrogens with zero attached hydrogens (tertiary/aromatic N) is 6. The molecule has 0 aromatic carbocycles. The minimum absolute atomic E-state index is 0.174. The highest BCUT2D eigenvalue weighted by Gasteiger charge is 2.34. The summed E-state index contributed by atoms with van der Waals surface area (Å²) < 4.78 is 15.7. The number of nitrogens with two attached hydrogens (primary N) is 1. The average Bonchev–Trinajstić information content (AvgIpc) is 3.34. The maximum atomic E-state index is 14.2. The molecule has 4 aromatic rings. The molecule has 1 atom stereocenters. The molecule has 4 aromatic heterocycles. The Bertz CT molecular complexity index is 1230. The smallest absolute Gasteiger partial charge is 0.148 e. The van der Waals surface area contributed by atoms with Crippen LogP contribution in [0.15, 0.2) is 42.9 Å². The molecule has 0 amide bonds. The van der Waals surface area contributed by atoms with Gasteiger partial charge in [0.25, 0.3) is 0 Å². The van der Waals surface area contributed by atoms with Crippen LogP contribution in [-0.4, -0.2) is 31.1 Å². The third-order valence-electron chi connectivity index (χ3n) is 5.00. The first-order chi connectivity index (χ1) is 13.7. The standard InChI is InChI=1S/C19H15FN8/c20-12-2-1-6-28-15(12)8-14(26-28)18-17-13(23-10-24-17)5-7-27(18)16-4-3-11(9-21)19(22)25-16/h1-4,6,8,10,18H,5,7H2,(H2,22,25)(H,23,24)/t18-/m1/s1. The number of hydrogen-bond acceptors (Lipinski definition) is 6. The summed E-state index contributed by atoms with van der Waals surface area (Å²) in [5, 5.41) is 13.7. The predicted molar refractivity (Wildman–Crippen MR) is 100.0 cm³/mol. The Balaban J connectivity index is 1.67. The summed E-state index contributed by atoms with van der Waals surface area (Å²) in [6, 6.07) is 9.82. The minimum Gasteiger partial charge on any atom is -0.383 e. The van der Waals surface area contributed by atoms with E-state index in [9.17, 15) is 4.39 Å². The van der Waals surface area contributed by atoms with E-state index >= 15 is 0 Å². The molecule has 5 heterocycles. The van der Waals surface area contributed by atoms with Crippen LogP contribution in [0.2, 0.25) is 0 Å². The Kier molecular flexibility index (Phi) is 3.52. The summed E-state index contributed by atoms with van der Waals surface area (Å²) in [4.78, 5) is 14.1. The highest BCUT2D eigenvalue weighted by Crippen LogP contribution is 2.36. The quantitative estimate of drug-likeness (QED) is 0.556. The van der Waals surface area contributed by atoms with Crippen LogP contribution in [0, 0.1) is 17.1 Å². The summed E-state index contributed by atoms with van der Waals surface area (Å²) >= 11 is 0. The summed E-state index contributed by atoms with van der Waals surface area (Å²) in [5.41, 5.74) is 9.14. The molecule has 3 N–H and O–H groups in total. The fourth-order valence-electron chi connectivity index (χ4n) is 3.68. The van der Waals surface area contributed by atoms with Gasteiger partial charge in [-0.1, -0.05) is 0 Å². The van der Waals surface area contributed by atoms with Crippen LogP contribution >= 0.6 is 0 Å². The van der Waals surface area contributed by atoms with E-state index in [0.717, 1.165) is 17.8 Å². The first-order valence-electron chi connectivity index (χ1n) is 8.75. The number of halogens is 1. The lowest BCUT2D eigenvalue weighted by Gasteiger charge is -2.35. The lowest BCUT2D eigenvalue weighted by Crippen LogP contribution is -2.37. The summed E-state index contributed by atoms with van der Waals surface area (Å²) in [6.07, 6.45) is 4.10. The molecule has 28 heavy (non-hydrogen) atoms. The van der Waals surface area contributed by atoms with E-state index in [1.54, 1.807) is 36.8 Å². The van der Waals surface area contributed by atoms with Gasteiger partial charge < -0.3 is 15.6 Å². The number of rotatable bonds is 2. The number of pyridine rings is 2. The maximum absolute atomic E-state index is 14.2. The van der Waals surface area contributed by atoms with Crippen molar-refractivity contribution in [1.82, 2.24) is 24.6 Å². The molecular weight excluding hydrogens is 359 g/mol. The molecule has 9 heteroatoms. The number of H-pyrrole nitrogens is 1. The highest BCUT2D eigenvalue weighted by atomic mass is 19.1. The Morgan fingerprint density at radius 2 is 2.21 bits per heavy atom. The Morgan fingerprint density at radius 3 is 3.00 bits per heavy atom. The SMILES string of the molecule is N#Cc1ccc(N2CCc3[nH]cnc3[C@H]2c2cc3c(F)cccn3n2)nc1N. The highest BCUT2D eigenvalue weighted by molar-refractivity contribution is 5.58. The molecule has 0 fully saturated rings. The zero-order valence-electron chi connectivity index (χ0n) is 14.7. The van der Waals surface area contributed by atoms with Crippen LogP contribution in [0.4, 0.5) is 16.0 Å². The summed E-state index contributed by atoms with van der Waals surface area (Å²) in [6.45, 7) is 0.647. The molecule has 138 valence electrons. The van der Waals surface area contributed by atoms with Gasteiger partial charge in [-0.3, -0.25) is 0 Å². The predicted octanol–water partition coefficient (Wildman–Crippen LogP) is 2.20. The van der Waals surface area contributed by atoms with E-state index in [1.165, 1.54) is 10.6 Å². The number of fused-ring (bicyclic) bond motifs is 2. The molecule has 0 spiro atoms. The number of nitrogen functional groups attached to an aromatic ring is 1. The number of aromatic nitrogens is 5. The maximum Gasteiger partial charge on any atom is 0.148 e. The molecule has 0 saturated carbocycles. The number of hydrogen-bond donors (Lipinski definition) is 2. The number of anilines is 2. The zero-order valence-corrected chi connectivity index (χ0v) is 14.7. The van der Waals surface area contributed by atoms with Crippen LogP contribution in [0.3, 0.4) is 0 Å². The third-order valence-corrected chi connectivity index (χ3v) is 5.00. The molecule has 0 bridgehead atoms. The van der Waals surface area contributed by atoms with Crippen LogP contribution in [0.1, 0.15) is 28.7 Å². The lowest BCUT2D eigenvalue weighted by atomic mass is 9.99. The van der Waals surface area contributed by atoms with Crippen LogP contribution in [-0.2, 0) is 6.42 Å². The minimum atomic E-state index is -0.353. The van der Waals surface area contributed by atoms with E-state index in [-0.39, 0.29) is 17.7 Å². The second-order valence-electron chi connectivity index (χ2n) is 6.58. The van der Waals surface area contributed by atoms with Gasteiger partial charge >= 0.3 is 0 Å². The largest absolute Gasteiger partial charge is 0.383 e. The normalized spacial score (nSPS) is 16.1. The summed E-state index contributed by atoms with van der Waals surface area (Å²) in [5.74, 6) is 0.451. The van der Waals surface area contributed by atoms with Crippen LogP contribution < -0.4 is 10.6 Å². The van der Waals surface area contributed by atoms with Gasteiger partial charge in [0.2, 0.25) is 0 Å². The zero-order chi connectivity index (χ0) is 19.3. The Morgan fingerprint density at radius 1 is 1.32 bits per heavy atom. The number of nitriles is 1. The fourth-order valence-corrected chi connectivity index (χ4v) is 3.68. The first kappa shape index (κ1) is 16.3. The molecule has 0 aliphatic carbocycles. The number of imidazole rings is 1. The second kappa shape index (κ2) is 6.06. The first-order valence-corrected chi connectivity index (χ1v) is 8.75.